The summed E-state index contributed by atoms with van der Waals surface area (Å²) in [5.41, 5.74) is 1.12. The number of thiophene rings is 1. The highest BCUT2D eigenvalue weighted by Gasteiger charge is 2.04. The van der Waals surface area contributed by atoms with Gasteiger partial charge in [-0.3, -0.25) is 4.79 Å². The first kappa shape index (κ1) is 13.7. The summed E-state index contributed by atoms with van der Waals surface area (Å²) in [4.78, 5) is 13.2. The second-order valence-corrected chi connectivity index (χ2v) is 6.55. The maximum atomic E-state index is 11.8. The molecule has 0 saturated heterocycles. The van der Waals surface area contributed by atoms with Crippen LogP contribution in [-0.2, 0) is 17.6 Å². The van der Waals surface area contributed by atoms with Crippen LogP contribution in [0.3, 0.4) is 0 Å². The van der Waals surface area contributed by atoms with E-state index in [4.69, 9.17) is 0 Å². The highest BCUT2D eigenvalue weighted by atomic mass is 127. The quantitative estimate of drug-likeness (QED) is 0.685. The van der Waals surface area contributed by atoms with Gasteiger partial charge in [-0.05, 0) is 64.6 Å². The van der Waals surface area contributed by atoms with Gasteiger partial charge in [0, 0.05) is 21.3 Å². The minimum absolute atomic E-state index is 0.341. The number of carbonyl (C=O) groups excluding carboxylic acids is 1. The minimum Gasteiger partial charge on any atom is -0.299 e. The van der Waals surface area contributed by atoms with Gasteiger partial charge in [-0.2, -0.15) is 0 Å². The number of halogens is 1. The highest BCUT2D eigenvalue weighted by Crippen LogP contribution is 2.13. The molecule has 0 fully saturated rings. The molecule has 0 saturated carbocycles. The van der Waals surface area contributed by atoms with Crippen molar-refractivity contribution in [3.8, 4) is 0 Å². The average Bonchev–Trinajstić information content (AvgIpc) is 2.85. The van der Waals surface area contributed by atoms with E-state index in [1.54, 1.807) is 11.3 Å². The Labute approximate surface area is 125 Å². The van der Waals surface area contributed by atoms with E-state index in [2.05, 4.69) is 52.2 Å². The molecule has 0 radical (unpaired) electrons. The number of rotatable bonds is 6. The van der Waals surface area contributed by atoms with Gasteiger partial charge in [-0.25, -0.2) is 0 Å². The zero-order valence-electron chi connectivity index (χ0n) is 10.1. The normalized spacial score (nSPS) is 10.5. The van der Waals surface area contributed by atoms with Crippen molar-refractivity contribution in [2.24, 2.45) is 0 Å². The smallest absolute Gasteiger partial charge is 0.137 e. The van der Waals surface area contributed by atoms with Gasteiger partial charge in [0.15, 0.2) is 0 Å². The van der Waals surface area contributed by atoms with E-state index in [0.717, 1.165) is 18.4 Å². The molecule has 0 aliphatic heterocycles. The predicted molar refractivity (Wildman–Crippen MR) is 85.1 cm³/mol. The molecule has 0 aliphatic rings. The molecule has 94 valence electrons. The van der Waals surface area contributed by atoms with Gasteiger partial charge in [-0.1, -0.05) is 18.2 Å². The lowest BCUT2D eigenvalue weighted by atomic mass is 10.0. The third kappa shape index (κ3) is 4.53. The van der Waals surface area contributed by atoms with E-state index in [1.807, 2.05) is 12.1 Å². The van der Waals surface area contributed by atoms with Gasteiger partial charge in [0.05, 0.1) is 0 Å². The maximum Gasteiger partial charge on any atom is 0.137 e. The summed E-state index contributed by atoms with van der Waals surface area (Å²) in [5.74, 6) is 0.341. The van der Waals surface area contributed by atoms with Crippen LogP contribution < -0.4 is 0 Å². The van der Waals surface area contributed by atoms with E-state index in [1.165, 1.54) is 8.45 Å². The minimum atomic E-state index is 0.341. The van der Waals surface area contributed by atoms with Gasteiger partial charge >= 0.3 is 0 Å². The molecule has 0 bridgehead atoms. The van der Waals surface area contributed by atoms with Crippen molar-refractivity contribution in [1.29, 1.82) is 0 Å². The summed E-state index contributed by atoms with van der Waals surface area (Å²) in [6.45, 7) is 0. The molecule has 0 N–H and O–H groups in total. The first-order valence-corrected chi connectivity index (χ1v) is 7.98. The number of ketones is 1. The summed E-state index contributed by atoms with van der Waals surface area (Å²) < 4.78 is 1.21. The van der Waals surface area contributed by atoms with Crippen molar-refractivity contribution < 1.29 is 4.79 Å². The summed E-state index contributed by atoms with van der Waals surface area (Å²) in [5, 5.41) is 2.09. The van der Waals surface area contributed by atoms with Crippen molar-refractivity contribution in [3.63, 3.8) is 0 Å². The third-order valence-electron chi connectivity index (χ3n) is 2.77. The van der Waals surface area contributed by atoms with Crippen LogP contribution in [0.2, 0.25) is 0 Å². The van der Waals surface area contributed by atoms with Crippen LogP contribution in [0.25, 0.3) is 0 Å². The van der Waals surface area contributed by atoms with Gasteiger partial charge in [0.2, 0.25) is 0 Å². The topological polar surface area (TPSA) is 17.1 Å². The fourth-order valence-electron chi connectivity index (χ4n) is 1.83. The lowest BCUT2D eigenvalue weighted by molar-refractivity contribution is -0.118. The Morgan fingerprint density at radius 2 is 1.94 bits per heavy atom. The van der Waals surface area contributed by atoms with E-state index >= 15 is 0 Å². The third-order valence-corrected chi connectivity index (χ3v) is 4.43. The fourth-order valence-corrected chi connectivity index (χ4v) is 2.94. The predicted octanol–water partition coefficient (Wildman–Crippen LogP) is 4.49. The number of aryl methyl sites for hydroxylation is 1. The number of benzene rings is 1. The molecule has 18 heavy (non-hydrogen) atoms. The van der Waals surface area contributed by atoms with Crippen molar-refractivity contribution >= 4 is 39.7 Å². The molecule has 0 aliphatic carbocycles. The zero-order chi connectivity index (χ0) is 12.8. The summed E-state index contributed by atoms with van der Waals surface area (Å²) in [6.07, 6.45) is 3.24. The molecule has 0 unspecified atom stereocenters. The number of carbonyl (C=O) groups is 1. The molecular weight excluding hydrogens is 355 g/mol. The fraction of sp³-hybridized carbons (Fsp3) is 0.267. The summed E-state index contributed by atoms with van der Waals surface area (Å²) >= 11 is 4.04. The second kappa shape index (κ2) is 7.04. The first-order valence-electron chi connectivity index (χ1n) is 6.02. The molecular formula is C15H15IOS. The van der Waals surface area contributed by atoms with Crippen LogP contribution in [0.15, 0.2) is 41.8 Å². The Kier molecular flexibility index (Phi) is 5.38. The van der Waals surface area contributed by atoms with Gasteiger partial charge in [0.25, 0.3) is 0 Å². The Morgan fingerprint density at radius 3 is 2.61 bits per heavy atom. The van der Waals surface area contributed by atoms with Crippen molar-refractivity contribution in [2.45, 2.75) is 25.7 Å². The molecule has 2 rings (SSSR count). The molecule has 1 aromatic heterocycles. The lowest BCUT2D eigenvalue weighted by Crippen LogP contribution is -2.03. The Hall–Kier alpha value is -0.680. The standard InChI is InChI=1S/C15H15IOS/c16-13-8-6-12(7-9-13)11-14(17)3-1-4-15-5-2-10-18-15/h2,5-10H,1,3-4,11H2. The Morgan fingerprint density at radius 1 is 1.17 bits per heavy atom. The van der Waals surface area contributed by atoms with Crippen molar-refractivity contribution in [3.05, 3.63) is 55.8 Å². The molecule has 1 aromatic carbocycles. The molecule has 0 spiro atoms. The van der Waals surface area contributed by atoms with Crippen LogP contribution in [0.1, 0.15) is 23.3 Å². The van der Waals surface area contributed by atoms with Crippen molar-refractivity contribution in [2.75, 3.05) is 0 Å². The second-order valence-electron chi connectivity index (χ2n) is 4.27. The molecule has 0 amide bonds. The molecule has 0 atom stereocenters. The maximum absolute atomic E-state index is 11.8. The van der Waals surface area contributed by atoms with Gasteiger partial charge < -0.3 is 0 Å². The lowest BCUT2D eigenvalue weighted by Gasteiger charge is -2.01. The van der Waals surface area contributed by atoms with Crippen LogP contribution >= 0.6 is 33.9 Å². The Balaban J connectivity index is 1.73. The molecule has 3 heteroatoms. The van der Waals surface area contributed by atoms with Crippen LogP contribution in [0.4, 0.5) is 0 Å². The van der Waals surface area contributed by atoms with Crippen LogP contribution in [0.5, 0.6) is 0 Å². The first-order chi connectivity index (χ1) is 8.74. The Bertz CT molecular complexity index is 488. The molecule has 1 heterocycles. The van der Waals surface area contributed by atoms with E-state index in [-0.39, 0.29) is 0 Å². The average molecular weight is 370 g/mol. The SMILES string of the molecule is O=C(CCCc1cccs1)Cc1ccc(I)cc1. The summed E-state index contributed by atoms with van der Waals surface area (Å²) in [7, 11) is 0. The van der Waals surface area contributed by atoms with Gasteiger partial charge in [-0.15, -0.1) is 11.3 Å². The van der Waals surface area contributed by atoms with E-state index in [0.29, 0.717) is 18.6 Å². The number of hydrogen-bond acceptors (Lipinski definition) is 2. The van der Waals surface area contributed by atoms with E-state index < -0.39 is 0 Å². The van der Waals surface area contributed by atoms with Gasteiger partial charge in [0.1, 0.15) is 5.78 Å². The van der Waals surface area contributed by atoms with Crippen LogP contribution in [0, 0.1) is 3.57 Å². The zero-order valence-corrected chi connectivity index (χ0v) is 13.0. The molecule has 2 aromatic rings. The number of Topliss-reactive ketones (excluding diaryl/α,β-unsaturated/α-hetero) is 1. The number of hydrogen-bond donors (Lipinski definition) is 0. The summed E-state index contributed by atoms with van der Waals surface area (Å²) in [6, 6.07) is 12.4. The van der Waals surface area contributed by atoms with Crippen molar-refractivity contribution in [1.82, 2.24) is 0 Å². The molecule has 1 nitrogen and oxygen atoms in total. The van der Waals surface area contributed by atoms with E-state index in [9.17, 15) is 4.79 Å². The monoisotopic (exact) mass is 370 g/mol. The highest BCUT2D eigenvalue weighted by molar-refractivity contribution is 14.1. The van der Waals surface area contributed by atoms with Crippen LogP contribution in [-0.4, -0.2) is 5.78 Å². The largest absolute Gasteiger partial charge is 0.299 e.